The van der Waals surface area contributed by atoms with Crippen LogP contribution in [0.15, 0.2) is 24.3 Å². The zero-order valence-electron chi connectivity index (χ0n) is 9.98. The highest BCUT2D eigenvalue weighted by Gasteiger charge is 2.24. The second-order valence-corrected chi connectivity index (χ2v) is 3.77. The highest BCUT2D eigenvalue weighted by molar-refractivity contribution is 5.97. The summed E-state index contributed by atoms with van der Waals surface area (Å²) in [6.45, 7) is 0. The van der Waals surface area contributed by atoms with Crippen LogP contribution in [0.5, 0.6) is 0 Å². The highest BCUT2D eigenvalue weighted by atomic mass is 16.6. The van der Waals surface area contributed by atoms with E-state index in [9.17, 15) is 24.5 Å². The summed E-state index contributed by atoms with van der Waals surface area (Å²) < 4.78 is 0. The second-order valence-electron chi connectivity index (χ2n) is 3.77. The predicted octanol–water partition coefficient (Wildman–Crippen LogP) is 0.252. The number of aliphatic carboxylic acids is 2. The monoisotopic (exact) mass is 282 g/mol. The van der Waals surface area contributed by atoms with E-state index in [4.69, 9.17) is 10.2 Å². The van der Waals surface area contributed by atoms with Crippen LogP contribution in [0.4, 0.5) is 5.69 Å². The third-order valence-corrected chi connectivity index (χ3v) is 2.30. The predicted molar refractivity (Wildman–Crippen MR) is 64.2 cm³/mol. The minimum Gasteiger partial charge on any atom is -0.481 e. The maximum absolute atomic E-state index is 11.7. The Morgan fingerprint density at radius 1 is 1.30 bits per heavy atom. The number of non-ortho nitro benzene ring substituents is 1. The lowest BCUT2D eigenvalue weighted by molar-refractivity contribution is -0.384. The van der Waals surface area contributed by atoms with Gasteiger partial charge in [-0.25, -0.2) is 4.79 Å². The molecule has 0 aliphatic carbocycles. The Morgan fingerprint density at radius 2 is 1.95 bits per heavy atom. The molecule has 0 aromatic heterocycles. The van der Waals surface area contributed by atoms with Crippen LogP contribution in [0, 0.1) is 10.1 Å². The molecule has 9 nitrogen and oxygen atoms in total. The average Bonchev–Trinajstić information content (AvgIpc) is 2.37. The summed E-state index contributed by atoms with van der Waals surface area (Å²) in [4.78, 5) is 42.8. The van der Waals surface area contributed by atoms with Gasteiger partial charge in [0.1, 0.15) is 6.04 Å². The topological polar surface area (TPSA) is 147 Å². The van der Waals surface area contributed by atoms with E-state index in [0.717, 1.165) is 6.07 Å². The number of carboxylic acids is 2. The van der Waals surface area contributed by atoms with Crippen molar-refractivity contribution in [3.05, 3.63) is 39.9 Å². The Hall–Kier alpha value is -2.97. The van der Waals surface area contributed by atoms with Gasteiger partial charge in [-0.1, -0.05) is 6.07 Å². The van der Waals surface area contributed by atoms with Gasteiger partial charge in [-0.15, -0.1) is 0 Å². The van der Waals surface area contributed by atoms with Crippen molar-refractivity contribution in [2.45, 2.75) is 12.5 Å². The first-order chi connectivity index (χ1) is 9.31. The normalized spacial score (nSPS) is 11.4. The Bertz CT molecular complexity index is 570. The number of hydrogen-bond acceptors (Lipinski definition) is 5. The van der Waals surface area contributed by atoms with Gasteiger partial charge in [0.2, 0.25) is 0 Å². The Balaban J connectivity index is 2.88. The molecular weight excluding hydrogens is 272 g/mol. The van der Waals surface area contributed by atoms with Crippen molar-refractivity contribution in [3.8, 4) is 0 Å². The molecule has 0 saturated heterocycles. The summed E-state index contributed by atoms with van der Waals surface area (Å²) in [5.74, 6) is -3.80. The van der Waals surface area contributed by atoms with Crippen LogP contribution >= 0.6 is 0 Å². The molecule has 20 heavy (non-hydrogen) atoms. The number of nitro groups is 1. The van der Waals surface area contributed by atoms with Crippen LogP contribution in [0.2, 0.25) is 0 Å². The fraction of sp³-hybridized carbons (Fsp3) is 0.182. The Labute approximate surface area is 112 Å². The number of amides is 1. The van der Waals surface area contributed by atoms with Crippen LogP contribution in [0.1, 0.15) is 16.8 Å². The Kier molecular flexibility index (Phi) is 4.73. The van der Waals surface area contributed by atoms with Crippen molar-refractivity contribution in [3.63, 3.8) is 0 Å². The lowest BCUT2D eigenvalue weighted by Crippen LogP contribution is -2.42. The molecular formula is C11H10N2O7. The van der Waals surface area contributed by atoms with Crippen LogP contribution in [0.25, 0.3) is 0 Å². The van der Waals surface area contributed by atoms with Gasteiger partial charge in [0.05, 0.1) is 11.3 Å². The zero-order chi connectivity index (χ0) is 15.3. The zero-order valence-corrected chi connectivity index (χ0v) is 9.98. The molecule has 0 aliphatic rings. The second kappa shape index (κ2) is 6.27. The molecule has 1 atom stereocenters. The number of carbonyl (C=O) groups excluding carboxylic acids is 1. The fourth-order valence-corrected chi connectivity index (χ4v) is 1.38. The standard InChI is InChI=1S/C11H10N2O7/c14-9(15)5-8(11(17)18)12-10(16)6-2-1-3-7(4-6)13(19)20/h1-4,8H,5H2,(H,12,16)(H,14,15)(H,17,18)/t8-/m0/s1. The van der Waals surface area contributed by atoms with E-state index in [0.29, 0.717) is 0 Å². The number of carbonyl (C=O) groups is 3. The molecule has 0 unspecified atom stereocenters. The molecule has 0 aliphatic heterocycles. The van der Waals surface area contributed by atoms with Crippen molar-refractivity contribution < 1.29 is 29.5 Å². The molecule has 0 heterocycles. The van der Waals surface area contributed by atoms with Crippen LogP contribution < -0.4 is 5.32 Å². The summed E-state index contributed by atoms with van der Waals surface area (Å²) in [5.41, 5.74) is -0.460. The first kappa shape index (κ1) is 15.1. The van der Waals surface area contributed by atoms with E-state index in [1.165, 1.54) is 18.2 Å². The number of rotatable bonds is 6. The van der Waals surface area contributed by atoms with Crippen LogP contribution in [-0.4, -0.2) is 39.0 Å². The minimum absolute atomic E-state index is 0.129. The fourth-order valence-electron chi connectivity index (χ4n) is 1.38. The molecule has 1 amide bonds. The molecule has 1 aromatic carbocycles. The molecule has 1 aromatic rings. The number of nitrogens with one attached hydrogen (secondary N) is 1. The molecule has 0 fully saturated rings. The van der Waals surface area contributed by atoms with Crippen molar-refractivity contribution in [1.82, 2.24) is 5.32 Å². The SMILES string of the molecule is O=C(O)C[C@H](NC(=O)c1cccc([N+](=O)[O-])c1)C(=O)O. The molecule has 9 heteroatoms. The summed E-state index contributed by atoms with van der Waals surface area (Å²) in [7, 11) is 0. The smallest absolute Gasteiger partial charge is 0.326 e. The average molecular weight is 282 g/mol. The lowest BCUT2D eigenvalue weighted by Gasteiger charge is -2.12. The molecule has 3 N–H and O–H groups in total. The number of benzene rings is 1. The van der Waals surface area contributed by atoms with Crippen LogP contribution in [-0.2, 0) is 9.59 Å². The van der Waals surface area contributed by atoms with E-state index in [2.05, 4.69) is 0 Å². The minimum atomic E-state index is -1.61. The van der Waals surface area contributed by atoms with Crippen molar-refractivity contribution in [2.75, 3.05) is 0 Å². The Morgan fingerprint density at radius 3 is 2.45 bits per heavy atom. The van der Waals surface area contributed by atoms with Gasteiger partial charge < -0.3 is 15.5 Å². The maximum atomic E-state index is 11.7. The van der Waals surface area contributed by atoms with Crippen molar-refractivity contribution in [2.24, 2.45) is 0 Å². The number of hydrogen-bond donors (Lipinski definition) is 3. The number of nitro benzene ring substituents is 1. The van der Waals surface area contributed by atoms with E-state index >= 15 is 0 Å². The molecule has 0 bridgehead atoms. The summed E-state index contributed by atoms with van der Waals surface area (Å²) in [6, 6.07) is 3.04. The van der Waals surface area contributed by atoms with Crippen LogP contribution in [0.3, 0.4) is 0 Å². The van der Waals surface area contributed by atoms with E-state index in [1.807, 2.05) is 5.32 Å². The van der Waals surface area contributed by atoms with Gasteiger partial charge in [-0.05, 0) is 6.07 Å². The molecule has 0 spiro atoms. The van der Waals surface area contributed by atoms with Crippen molar-refractivity contribution in [1.29, 1.82) is 0 Å². The molecule has 0 saturated carbocycles. The van der Waals surface area contributed by atoms with E-state index in [1.54, 1.807) is 0 Å². The van der Waals surface area contributed by atoms with E-state index < -0.39 is 35.2 Å². The van der Waals surface area contributed by atoms with Gasteiger partial charge in [0.15, 0.2) is 0 Å². The van der Waals surface area contributed by atoms with Crippen molar-refractivity contribution >= 4 is 23.5 Å². The number of carboxylic acid groups (broad SMARTS) is 2. The molecule has 0 radical (unpaired) electrons. The first-order valence-electron chi connectivity index (χ1n) is 5.31. The molecule has 106 valence electrons. The summed E-state index contributed by atoms with van der Waals surface area (Å²) in [5, 5.41) is 29.8. The van der Waals surface area contributed by atoms with Gasteiger partial charge >= 0.3 is 11.9 Å². The van der Waals surface area contributed by atoms with Gasteiger partial charge in [-0.3, -0.25) is 19.7 Å². The highest BCUT2D eigenvalue weighted by Crippen LogP contribution is 2.13. The van der Waals surface area contributed by atoms with Gasteiger partial charge in [-0.2, -0.15) is 0 Å². The lowest BCUT2D eigenvalue weighted by atomic mass is 10.1. The quantitative estimate of drug-likeness (QED) is 0.500. The third-order valence-electron chi connectivity index (χ3n) is 2.30. The molecule has 1 rings (SSSR count). The number of nitrogens with zero attached hydrogens (tertiary/aromatic N) is 1. The first-order valence-corrected chi connectivity index (χ1v) is 5.31. The largest absolute Gasteiger partial charge is 0.481 e. The third kappa shape index (κ3) is 4.05. The maximum Gasteiger partial charge on any atom is 0.326 e. The van der Waals surface area contributed by atoms with E-state index in [-0.39, 0.29) is 11.3 Å². The van der Waals surface area contributed by atoms with Gasteiger partial charge in [0.25, 0.3) is 11.6 Å². The summed E-state index contributed by atoms with van der Waals surface area (Å²) in [6.07, 6.45) is -0.796. The van der Waals surface area contributed by atoms with Gasteiger partial charge in [0, 0.05) is 17.7 Å². The summed E-state index contributed by atoms with van der Waals surface area (Å²) >= 11 is 0.